The van der Waals surface area contributed by atoms with Gasteiger partial charge in [0.05, 0.1) is 25.4 Å². The van der Waals surface area contributed by atoms with Gasteiger partial charge in [-0.1, -0.05) is 286 Å². The molecule has 8 heteroatoms. The van der Waals surface area contributed by atoms with Crippen molar-refractivity contribution >= 4 is 11.8 Å². The Morgan fingerprint density at radius 1 is 0.329 bits per heavy atom. The van der Waals surface area contributed by atoms with Crippen molar-refractivity contribution in [2.75, 3.05) is 39.4 Å². The molecule has 0 fully saturated rings. The maximum absolute atomic E-state index is 12.9. The normalized spacial score (nSPS) is 13.2. The number of rotatable bonds is 54. The molecule has 0 bridgehead atoms. The van der Waals surface area contributed by atoms with E-state index in [1.54, 1.807) is 9.80 Å². The highest BCUT2D eigenvalue weighted by Crippen LogP contribution is 2.21. The van der Waals surface area contributed by atoms with E-state index < -0.39 is 12.2 Å². The van der Waals surface area contributed by atoms with E-state index in [1.807, 2.05) is 0 Å². The zero-order chi connectivity index (χ0) is 52.0. The summed E-state index contributed by atoms with van der Waals surface area (Å²) in [4.78, 5) is 29.3. The van der Waals surface area contributed by atoms with Crippen molar-refractivity contribution in [2.24, 2.45) is 11.8 Å². The minimum absolute atomic E-state index is 0.144. The lowest BCUT2D eigenvalue weighted by Crippen LogP contribution is -2.39. The van der Waals surface area contributed by atoms with Crippen molar-refractivity contribution < 1.29 is 30.0 Å². The molecule has 4 atom stereocenters. The van der Waals surface area contributed by atoms with Crippen LogP contribution in [0.15, 0.2) is 0 Å². The molecule has 4 unspecified atom stereocenters. The van der Waals surface area contributed by atoms with Crippen LogP contribution in [0.1, 0.15) is 324 Å². The van der Waals surface area contributed by atoms with Crippen molar-refractivity contribution in [1.29, 1.82) is 0 Å². The van der Waals surface area contributed by atoms with Crippen LogP contribution in [0.3, 0.4) is 0 Å². The molecule has 4 N–H and O–H groups in total. The maximum atomic E-state index is 12.9. The van der Waals surface area contributed by atoms with Gasteiger partial charge in [0.25, 0.3) is 0 Å². The Hall–Kier alpha value is -1.22. The van der Waals surface area contributed by atoms with Crippen molar-refractivity contribution in [2.45, 2.75) is 336 Å². The smallest absolute Gasteiger partial charge is 0.222 e. The van der Waals surface area contributed by atoms with Gasteiger partial charge in [-0.2, -0.15) is 0 Å². The van der Waals surface area contributed by atoms with Crippen LogP contribution in [-0.2, 0) is 9.59 Å². The van der Waals surface area contributed by atoms with Gasteiger partial charge in [0, 0.05) is 39.0 Å². The topological polar surface area (TPSA) is 122 Å². The minimum atomic E-state index is -0.832. The first-order valence-electron chi connectivity index (χ1n) is 31.2. The van der Waals surface area contributed by atoms with Crippen molar-refractivity contribution in [3.8, 4) is 0 Å². The Kier molecular flexibility index (Phi) is 57.8. The Morgan fingerprint density at radius 2 is 0.543 bits per heavy atom. The summed E-state index contributed by atoms with van der Waals surface area (Å²) in [5.41, 5.74) is 0. The number of amides is 2. The van der Waals surface area contributed by atoms with Crippen LogP contribution in [0.4, 0.5) is 0 Å². The Bertz CT molecular complexity index is 1050. The SMILES string of the molecule is CCCCCCCCCCCCC(C)CCC(=O)N(CCCCCCCCCC)CC(O)CO.CCCCCCCCCCCCC(C)CCC(=O)N(CCCCCCCCCCCC)CC(O)CO. The third kappa shape index (κ3) is 51.7. The number of hydrogen-bond acceptors (Lipinski definition) is 6. The fourth-order valence-electron chi connectivity index (χ4n) is 9.79. The summed E-state index contributed by atoms with van der Waals surface area (Å²) in [5.74, 6) is 1.44. The molecule has 0 heterocycles. The summed E-state index contributed by atoms with van der Waals surface area (Å²) in [6, 6.07) is 0. The monoisotopic (exact) mass is 995 g/mol. The highest BCUT2D eigenvalue weighted by molar-refractivity contribution is 5.76. The average molecular weight is 996 g/mol. The van der Waals surface area contributed by atoms with Gasteiger partial charge in [0.15, 0.2) is 0 Å². The number of hydrogen-bond donors (Lipinski definition) is 4. The first kappa shape index (κ1) is 70.9. The second-order valence-corrected chi connectivity index (χ2v) is 22.2. The largest absolute Gasteiger partial charge is 0.394 e. The zero-order valence-corrected chi connectivity index (χ0v) is 48.2. The van der Waals surface area contributed by atoms with Crippen molar-refractivity contribution in [3.63, 3.8) is 0 Å². The number of nitrogens with zero attached hydrogens (tertiary/aromatic N) is 2. The van der Waals surface area contributed by atoms with Crippen LogP contribution in [0.25, 0.3) is 0 Å². The van der Waals surface area contributed by atoms with Crippen LogP contribution in [0.5, 0.6) is 0 Å². The lowest BCUT2D eigenvalue weighted by molar-refractivity contribution is -0.134. The van der Waals surface area contributed by atoms with Gasteiger partial charge < -0.3 is 30.2 Å². The third-order valence-corrected chi connectivity index (χ3v) is 14.9. The van der Waals surface area contributed by atoms with Crippen molar-refractivity contribution in [1.82, 2.24) is 9.80 Å². The number of aliphatic hydroxyl groups excluding tert-OH is 4. The van der Waals surface area contributed by atoms with Gasteiger partial charge in [-0.25, -0.2) is 0 Å². The first-order chi connectivity index (χ1) is 34.1. The molecule has 2 amide bonds. The minimum Gasteiger partial charge on any atom is -0.394 e. The zero-order valence-electron chi connectivity index (χ0n) is 48.2. The molecule has 0 saturated carbocycles. The molecule has 0 spiro atoms. The van der Waals surface area contributed by atoms with Gasteiger partial charge in [0.2, 0.25) is 11.8 Å². The Morgan fingerprint density at radius 3 is 0.771 bits per heavy atom. The van der Waals surface area contributed by atoms with Crippen LogP contribution in [0.2, 0.25) is 0 Å². The van der Waals surface area contributed by atoms with Gasteiger partial charge in [-0.3, -0.25) is 9.59 Å². The summed E-state index contributed by atoms with van der Waals surface area (Å²) in [6.07, 6.45) is 53.7. The second-order valence-electron chi connectivity index (χ2n) is 22.2. The Labute approximate surface area is 437 Å². The Balaban J connectivity index is 0. The first-order valence-corrected chi connectivity index (χ1v) is 31.2. The van der Waals surface area contributed by atoms with E-state index in [9.17, 15) is 30.0 Å². The van der Waals surface area contributed by atoms with Crippen LogP contribution >= 0.6 is 0 Å². The number of carbonyl (C=O) groups is 2. The summed E-state index contributed by atoms with van der Waals surface area (Å²) >= 11 is 0. The molecule has 420 valence electrons. The van der Waals surface area contributed by atoms with Crippen LogP contribution < -0.4 is 0 Å². The fraction of sp³-hybridized carbons (Fsp3) is 0.968. The molecule has 0 aliphatic carbocycles. The molecular formula is C62H126N2O6. The molecule has 0 aliphatic heterocycles. The molecule has 8 nitrogen and oxygen atoms in total. The summed E-state index contributed by atoms with van der Waals surface area (Å²) in [7, 11) is 0. The molecule has 0 aromatic carbocycles. The third-order valence-electron chi connectivity index (χ3n) is 14.9. The van der Waals surface area contributed by atoms with Gasteiger partial charge >= 0.3 is 0 Å². The van der Waals surface area contributed by atoms with Gasteiger partial charge in [0.1, 0.15) is 0 Å². The highest BCUT2D eigenvalue weighted by atomic mass is 16.3. The standard InChI is InChI=1S/C32H65NO3.C30H61NO3/c1-4-6-8-10-12-14-16-18-20-22-24-30(3)25-26-32(36)33(28-31(35)29-34)27-23-21-19-17-15-13-11-9-7-5-2;1-4-6-8-10-12-14-15-16-18-20-22-28(3)23-24-30(34)31(26-29(33)27-32)25-21-19-17-13-11-9-7-5-2/h30-31,34-35H,4-29H2,1-3H3;28-29,32-33H,4-27H2,1-3H3. The van der Waals surface area contributed by atoms with E-state index in [2.05, 4.69) is 41.5 Å². The van der Waals surface area contributed by atoms with Crippen molar-refractivity contribution in [3.05, 3.63) is 0 Å². The van der Waals surface area contributed by atoms with Crippen LogP contribution in [0, 0.1) is 11.8 Å². The molecular weight excluding hydrogens is 869 g/mol. The summed E-state index contributed by atoms with van der Waals surface area (Å²) in [6.45, 7) is 15.0. The lowest BCUT2D eigenvalue weighted by atomic mass is 9.97. The lowest BCUT2D eigenvalue weighted by Gasteiger charge is -2.25. The number of aliphatic hydroxyl groups is 4. The molecule has 70 heavy (non-hydrogen) atoms. The maximum Gasteiger partial charge on any atom is 0.222 e. The molecule has 0 rings (SSSR count). The number of unbranched alkanes of at least 4 members (excludes halogenated alkanes) is 34. The number of carbonyl (C=O) groups excluding carboxylic acids is 2. The predicted octanol–water partition coefficient (Wildman–Crippen LogP) is 16.9. The summed E-state index contributed by atoms with van der Waals surface area (Å²) in [5, 5.41) is 38.3. The van der Waals surface area contributed by atoms with E-state index in [0.29, 0.717) is 37.8 Å². The van der Waals surface area contributed by atoms with E-state index in [4.69, 9.17) is 0 Å². The van der Waals surface area contributed by atoms with Gasteiger partial charge in [-0.15, -0.1) is 0 Å². The summed E-state index contributed by atoms with van der Waals surface area (Å²) < 4.78 is 0. The molecule has 0 aromatic rings. The predicted molar refractivity (Wildman–Crippen MR) is 304 cm³/mol. The second kappa shape index (κ2) is 57.1. The van der Waals surface area contributed by atoms with E-state index in [-0.39, 0.29) is 38.1 Å². The molecule has 0 radical (unpaired) electrons. The highest BCUT2D eigenvalue weighted by Gasteiger charge is 2.19. The van der Waals surface area contributed by atoms with E-state index in [0.717, 1.165) is 38.5 Å². The quantitative estimate of drug-likeness (QED) is 0.0451. The van der Waals surface area contributed by atoms with Gasteiger partial charge in [-0.05, 0) is 37.5 Å². The van der Waals surface area contributed by atoms with Crippen LogP contribution in [-0.4, -0.2) is 93.6 Å². The molecule has 0 saturated heterocycles. The van der Waals surface area contributed by atoms with E-state index >= 15 is 0 Å². The molecule has 0 aromatic heterocycles. The molecule has 0 aliphatic rings. The fourth-order valence-corrected chi connectivity index (χ4v) is 9.79. The average Bonchev–Trinajstić information content (AvgIpc) is 3.36. The van der Waals surface area contributed by atoms with E-state index in [1.165, 1.54) is 231 Å².